The monoisotopic (exact) mass is 1440 g/mol. The fourth-order valence-corrected chi connectivity index (χ4v) is 15.4. The standard InChI is InChI=1S/C75H62O30/c76-28-16-41(88)51-50(17-28)101-68(24-2-7-31(78)37(84)12-24)63(97)59(51)53-43(90)20-45(92)55-61(65(99)70(103-73(53)55)26-4-9-33(80)39(86)14-26)57-47(94)22-48(95)58-62(66(100)71(105-75(57)58)27-5-10-34(81)40(87)15-27)56-46(93)21-44(91)54-60(64(98)69(104-74(54)56)25-3-8-32(79)38(85)13-25)52-42(89)19-35(82)29-18-49(96)67(102-72(29)52)23-1-6-30(77)36(83)11-23/h1-17,19-22,49,59-71,76-100H,18H2/t49-,59+,60+,61+,62-,63+,64+,65+,66+,67+,68+,69+,70+,71+/m0/s1. The molecule has 15 rings (SSSR count). The molecule has 14 atom stereocenters. The van der Waals surface area contributed by atoms with Crippen LogP contribution in [0.3, 0.4) is 0 Å². The van der Waals surface area contributed by atoms with Crippen LogP contribution in [0, 0.1) is 0 Å². The third-order valence-electron chi connectivity index (χ3n) is 20.2. The molecule has 0 spiro atoms. The number of hydrogen-bond acceptors (Lipinski definition) is 30. The van der Waals surface area contributed by atoms with Gasteiger partial charge in [0.05, 0.1) is 29.8 Å². The number of aliphatic hydroxyl groups excluding tert-OH is 5. The Labute approximate surface area is 589 Å². The van der Waals surface area contributed by atoms with Crippen LogP contribution in [-0.4, -0.2) is 158 Å². The van der Waals surface area contributed by atoms with E-state index in [4.69, 9.17) is 23.7 Å². The van der Waals surface area contributed by atoms with Crippen molar-refractivity contribution in [3.05, 3.63) is 205 Å². The first-order valence-corrected chi connectivity index (χ1v) is 32.1. The molecule has 10 aromatic rings. The number of rotatable bonds is 9. The van der Waals surface area contributed by atoms with Gasteiger partial charge in [0.15, 0.2) is 81.9 Å². The molecule has 30 nitrogen and oxygen atoms in total. The summed E-state index contributed by atoms with van der Waals surface area (Å²) < 4.78 is 32.8. The first-order valence-electron chi connectivity index (χ1n) is 32.1. The Bertz CT molecular complexity index is 5270. The molecule has 0 bridgehead atoms. The van der Waals surface area contributed by atoms with Gasteiger partial charge in [-0.2, -0.15) is 0 Å². The number of phenols is 20. The van der Waals surface area contributed by atoms with E-state index in [0.29, 0.717) is 18.2 Å². The van der Waals surface area contributed by atoms with Crippen molar-refractivity contribution < 1.29 is 151 Å². The summed E-state index contributed by atoms with van der Waals surface area (Å²) in [5.41, 5.74) is -5.67. The Morgan fingerprint density at radius 3 is 0.771 bits per heavy atom. The molecular weight excluding hydrogens is 1380 g/mol. The van der Waals surface area contributed by atoms with Crippen molar-refractivity contribution >= 4 is 0 Å². The molecule has 5 heterocycles. The smallest absolute Gasteiger partial charge is 0.157 e. The van der Waals surface area contributed by atoms with Gasteiger partial charge in [0, 0.05) is 92.9 Å². The van der Waals surface area contributed by atoms with Crippen LogP contribution in [0.5, 0.6) is 144 Å². The minimum Gasteiger partial charge on any atom is -0.508 e. The summed E-state index contributed by atoms with van der Waals surface area (Å²) in [6.45, 7) is 0. The van der Waals surface area contributed by atoms with E-state index in [9.17, 15) is 128 Å². The minimum absolute atomic E-state index is 0.0287. The zero-order chi connectivity index (χ0) is 74.7. The van der Waals surface area contributed by atoms with Crippen molar-refractivity contribution in [2.24, 2.45) is 0 Å². The molecule has 0 aliphatic carbocycles. The molecule has 0 saturated heterocycles. The molecule has 0 fully saturated rings. The minimum atomic E-state index is -2.31. The lowest BCUT2D eigenvalue weighted by atomic mass is 9.71. The SMILES string of the molecule is Oc1cc(O)c2c(c1)O[C@H](c1ccc(O)c(O)c1)[C@H](O)[C@H]2c1c(O)cc(O)c2c1O[C@H](c1ccc(O)c(O)c1)[C@H](O)[C@H]2c1c(O)cc(O)c2c1O[C@H](c1ccc(O)c(O)c1)[C@H](O)[C@H]2c1c(O)cc(O)c2c1O[C@H](c1ccc(O)c(O)c1)[C@H](O)[C@@H]2c1c(O)cc(O)c2c1O[C@H](c1ccc(O)c(O)c1)[C@@H](O)C2. The van der Waals surface area contributed by atoms with E-state index in [1.807, 2.05) is 0 Å². The summed E-state index contributed by atoms with van der Waals surface area (Å²) in [5.74, 6) is -27.3. The average molecular weight is 1440 g/mol. The van der Waals surface area contributed by atoms with Crippen molar-refractivity contribution in [1.82, 2.24) is 0 Å². The van der Waals surface area contributed by atoms with E-state index in [1.54, 1.807) is 0 Å². The quantitative estimate of drug-likeness (QED) is 0.0628. The van der Waals surface area contributed by atoms with Gasteiger partial charge in [0.1, 0.15) is 117 Å². The van der Waals surface area contributed by atoms with Gasteiger partial charge in [-0.3, -0.25) is 0 Å². The number of phenolic OH excluding ortho intramolecular Hbond substituents is 20. The predicted molar refractivity (Wildman–Crippen MR) is 356 cm³/mol. The van der Waals surface area contributed by atoms with Gasteiger partial charge in [0.25, 0.3) is 0 Å². The van der Waals surface area contributed by atoms with Gasteiger partial charge in [-0.15, -0.1) is 0 Å². The van der Waals surface area contributed by atoms with Crippen LogP contribution in [-0.2, 0) is 6.42 Å². The lowest BCUT2D eigenvalue weighted by molar-refractivity contribution is -0.0101. The van der Waals surface area contributed by atoms with Crippen molar-refractivity contribution in [2.45, 2.75) is 91.1 Å². The molecule has 542 valence electrons. The first-order chi connectivity index (χ1) is 49.9. The number of benzene rings is 10. The highest BCUT2D eigenvalue weighted by atomic mass is 16.5. The normalized spacial score (nSPS) is 24.2. The highest BCUT2D eigenvalue weighted by Crippen LogP contribution is 2.67. The maximum absolute atomic E-state index is 13.4. The van der Waals surface area contributed by atoms with Gasteiger partial charge < -0.3 is 151 Å². The predicted octanol–water partition coefficient (Wildman–Crippen LogP) is 7.34. The maximum atomic E-state index is 13.4. The number of hydrogen-bond donors (Lipinski definition) is 25. The van der Waals surface area contributed by atoms with Gasteiger partial charge in [-0.05, 0) is 88.5 Å². The number of aliphatic hydroxyl groups is 5. The highest BCUT2D eigenvalue weighted by Gasteiger charge is 2.55. The zero-order valence-corrected chi connectivity index (χ0v) is 53.6. The van der Waals surface area contributed by atoms with Crippen molar-refractivity contribution in [1.29, 1.82) is 0 Å². The molecule has 0 aromatic heterocycles. The van der Waals surface area contributed by atoms with Crippen LogP contribution in [0.25, 0.3) is 0 Å². The van der Waals surface area contributed by atoms with Crippen molar-refractivity contribution in [2.75, 3.05) is 0 Å². The second kappa shape index (κ2) is 24.6. The molecule has 5 aliphatic heterocycles. The van der Waals surface area contributed by atoms with Crippen LogP contribution >= 0.6 is 0 Å². The summed E-state index contributed by atoms with van der Waals surface area (Å²) in [4.78, 5) is 0. The Balaban J connectivity index is 1.00. The fraction of sp³-hybridized carbons (Fsp3) is 0.200. The molecule has 10 aromatic carbocycles. The van der Waals surface area contributed by atoms with E-state index in [1.165, 1.54) is 18.2 Å². The molecule has 105 heavy (non-hydrogen) atoms. The van der Waals surface area contributed by atoms with Crippen LogP contribution < -0.4 is 23.7 Å². The third-order valence-corrected chi connectivity index (χ3v) is 20.2. The molecule has 0 saturated carbocycles. The summed E-state index contributed by atoms with van der Waals surface area (Å²) in [6, 6.07) is 20.7. The maximum Gasteiger partial charge on any atom is 0.157 e. The molecule has 0 radical (unpaired) electrons. The van der Waals surface area contributed by atoms with Gasteiger partial charge >= 0.3 is 0 Å². The van der Waals surface area contributed by atoms with Crippen molar-refractivity contribution in [3.8, 4) is 144 Å². The molecule has 25 N–H and O–H groups in total. The number of ether oxygens (including phenoxy) is 5. The molecule has 0 amide bonds. The Morgan fingerprint density at radius 2 is 0.467 bits per heavy atom. The second-order valence-electron chi connectivity index (χ2n) is 26.3. The Hall–Kier alpha value is -13.0. The summed E-state index contributed by atoms with van der Waals surface area (Å²) in [5, 5.41) is 294. The molecular formula is C75H62O30. The largest absolute Gasteiger partial charge is 0.508 e. The van der Waals surface area contributed by atoms with E-state index in [2.05, 4.69) is 0 Å². The highest BCUT2D eigenvalue weighted by molar-refractivity contribution is 5.75. The lowest BCUT2D eigenvalue weighted by Crippen LogP contribution is -2.40. The zero-order valence-electron chi connectivity index (χ0n) is 53.6. The summed E-state index contributed by atoms with van der Waals surface area (Å²) >= 11 is 0. The average Bonchev–Trinajstić information content (AvgIpc) is 0.718. The lowest BCUT2D eigenvalue weighted by Gasteiger charge is -2.45. The van der Waals surface area contributed by atoms with E-state index >= 15 is 0 Å². The topological polar surface area (TPSA) is 552 Å². The molecule has 30 heteroatoms. The van der Waals surface area contributed by atoms with Gasteiger partial charge in [-0.1, -0.05) is 30.3 Å². The second-order valence-corrected chi connectivity index (χ2v) is 26.3. The van der Waals surface area contributed by atoms with Crippen LogP contribution in [0.2, 0.25) is 0 Å². The van der Waals surface area contributed by atoms with Crippen molar-refractivity contribution in [3.63, 3.8) is 0 Å². The van der Waals surface area contributed by atoms with Gasteiger partial charge in [0.2, 0.25) is 0 Å². The van der Waals surface area contributed by atoms with Crippen LogP contribution in [0.4, 0.5) is 0 Å². The summed E-state index contributed by atoms with van der Waals surface area (Å²) in [7, 11) is 0. The Morgan fingerprint density at radius 1 is 0.219 bits per heavy atom. The van der Waals surface area contributed by atoms with E-state index in [0.717, 1.165) is 91.0 Å². The van der Waals surface area contributed by atoms with Gasteiger partial charge in [-0.25, -0.2) is 0 Å². The van der Waals surface area contributed by atoms with E-state index in [-0.39, 0.29) is 44.7 Å². The van der Waals surface area contributed by atoms with Crippen LogP contribution in [0.1, 0.15) is 132 Å². The molecule has 5 aliphatic rings. The number of aromatic hydroxyl groups is 20. The third kappa shape index (κ3) is 10.7. The van der Waals surface area contributed by atoms with Crippen LogP contribution in [0.15, 0.2) is 127 Å². The first kappa shape index (κ1) is 67.8. The number of fused-ring (bicyclic) bond motifs is 5. The summed E-state index contributed by atoms with van der Waals surface area (Å²) in [6.07, 6.45) is -19.9. The Kier molecular flexibility index (Phi) is 15.9. The van der Waals surface area contributed by atoms with E-state index < -0.39 is 268 Å². The fourth-order valence-electron chi connectivity index (χ4n) is 15.4. The molecule has 0 unspecified atom stereocenters.